The van der Waals surface area contributed by atoms with Crippen molar-refractivity contribution in [3.05, 3.63) is 0 Å². The van der Waals surface area contributed by atoms with E-state index in [-0.39, 0.29) is 5.41 Å². The van der Waals surface area contributed by atoms with Gasteiger partial charge in [-0.25, -0.2) is 0 Å². The number of amides is 1. The second kappa shape index (κ2) is 3.73. The first-order valence-electron chi connectivity index (χ1n) is 6.74. The van der Waals surface area contributed by atoms with Crippen molar-refractivity contribution in [3.8, 4) is 0 Å². The van der Waals surface area contributed by atoms with Gasteiger partial charge < -0.3 is 10.6 Å². The standard InChI is InChI=1S/C13H22N2O/c1-9-6-11(9)15-12(16)13-5-3-2-4-10(13)7-14-8-13/h9-11,14H,2-8H2,1H3,(H,15,16)/t9?,10-,11?,13+/m0/s1. The van der Waals surface area contributed by atoms with Crippen LogP contribution in [-0.4, -0.2) is 25.0 Å². The van der Waals surface area contributed by atoms with Crippen LogP contribution in [0, 0.1) is 17.3 Å². The molecule has 3 nitrogen and oxygen atoms in total. The average molecular weight is 222 g/mol. The molecular formula is C13H22N2O. The van der Waals surface area contributed by atoms with Crippen molar-refractivity contribution < 1.29 is 4.79 Å². The molecule has 0 aromatic heterocycles. The minimum Gasteiger partial charge on any atom is -0.353 e. The van der Waals surface area contributed by atoms with E-state index in [4.69, 9.17) is 0 Å². The molecule has 3 aliphatic rings. The summed E-state index contributed by atoms with van der Waals surface area (Å²) in [6.45, 7) is 4.17. The number of rotatable bonds is 2. The molecule has 0 aromatic carbocycles. The number of nitrogens with one attached hydrogen (secondary N) is 2. The molecule has 0 radical (unpaired) electrons. The van der Waals surface area contributed by atoms with E-state index in [0.717, 1.165) is 19.5 Å². The Kier molecular flexibility index (Phi) is 2.46. The fourth-order valence-electron chi connectivity index (χ4n) is 3.53. The molecule has 90 valence electrons. The number of fused-ring (bicyclic) bond motifs is 1. The van der Waals surface area contributed by atoms with Gasteiger partial charge in [0.1, 0.15) is 0 Å². The van der Waals surface area contributed by atoms with Crippen LogP contribution >= 0.6 is 0 Å². The predicted octanol–water partition coefficient (Wildman–Crippen LogP) is 1.29. The molecule has 1 saturated heterocycles. The van der Waals surface area contributed by atoms with Crippen LogP contribution in [0.1, 0.15) is 39.0 Å². The van der Waals surface area contributed by atoms with E-state index < -0.39 is 0 Å². The molecule has 3 heteroatoms. The Hall–Kier alpha value is -0.570. The predicted molar refractivity (Wildman–Crippen MR) is 63.0 cm³/mol. The van der Waals surface area contributed by atoms with Crippen LogP contribution in [0.4, 0.5) is 0 Å². The van der Waals surface area contributed by atoms with Gasteiger partial charge in [-0.3, -0.25) is 4.79 Å². The SMILES string of the molecule is CC1CC1NC(=O)[C@@]12CCCC[C@H]1CNC2. The summed E-state index contributed by atoms with van der Waals surface area (Å²) in [5.41, 5.74) is -0.0550. The van der Waals surface area contributed by atoms with Gasteiger partial charge in [0.05, 0.1) is 5.41 Å². The molecule has 0 aromatic rings. The van der Waals surface area contributed by atoms with Crippen molar-refractivity contribution in [2.45, 2.75) is 45.1 Å². The molecule has 3 rings (SSSR count). The van der Waals surface area contributed by atoms with Crippen LogP contribution in [0.3, 0.4) is 0 Å². The average Bonchev–Trinajstić information content (AvgIpc) is 2.83. The molecular weight excluding hydrogens is 200 g/mol. The third-order valence-electron chi connectivity index (χ3n) is 4.92. The maximum absolute atomic E-state index is 12.4. The number of hydrogen-bond donors (Lipinski definition) is 2. The van der Waals surface area contributed by atoms with E-state index in [9.17, 15) is 4.79 Å². The Balaban J connectivity index is 1.72. The van der Waals surface area contributed by atoms with Gasteiger partial charge in [-0.2, -0.15) is 0 Å². The number of carbonyl (C=O) groups excluding carboxylic acids is 1. The maximum atomic E-state index is 12.4. The quantitative estimate of drug-likeness (QED) is 0.739. The molecule has 1 aliphatic heterocycles. The third-order valence-corrected chi connectivity index (χ3v) is 4.92. The van der Waals surface area contributed by atoms with Crippen molar-refractivity contribution in [3.63, 3.8) is 0 Å². The molecule has 1 amide bonds. The number of carbonyl (C=O) groups is 1. The zero-order valence-corrected chi connectivity index (χ0v) is 10.1. The Morgan fingerprint density at radius 2 is 2.25 bits per heavy atom. The first-order valence-corrected chi connectivity index (χ1v) is 6.74. The molecule has 2 aliphatic carbocycles. The zero-order valence-electron chi connectivity index (χ0n) is 10.1. The lowest BCUT2D eigenvalue weighted by atomic mass is 9.67. The van der Waals surface area contributed by atoms with Crippen LogP contribution in [-0.2, 0) is 4.79 Å². The Morgan fingerprint density at radius 1 is 1.44 bits per heavy atom. The summed E-state index contributed by atoms with van der Waals surface area (Å²) < 4.78 is 0. The lowest BCUT2D eigenvalue weighted by molar-refractivity contribution is -0.134. The molecule has 1 heterocycles. The highest BCUT2D eigenvalue weighted by Gasteiger charge is 2.51. The Bertz CT molecular complexity index is 304. The van der Waals surface area contributed by atoms with Gasteiger partial charge in [-0.15, -0.1) is 0 Å². The minimum absolute atomic E-state index is 0.0550. The Morgan fingerprint density at radius 3 is 3.00 bits per heavy atom. The van der Waals surface area contributed by atoms with Crippen LogP contribution in [0.2, 0.25) is 0 Å². The van der Waals surface area contributed by atoms with Crippen molar-refractivity contribution in [1.29, 1.82) is 0 Å². The number of hydrogen-bond acceptors (Lipinski definition) is 2. The highest BCUT2D eigenvalue weighted by Crippen LogP contribution is 2.44. The highest BCUT2D eigenvalue weighted by molar-refractivity contribution is 5.84. The van der Waals surface area contributed by atoms with E-state index in [2.05, 4.69) is 17.6 Å². The summed E-state index contributed by atoms with van der Waals surface area (Å²) in [7, 11) is 0. The smallest absolute Gasteiger partial charge is 0.228 e. The highest BCUT2D eigenvalue weighted by atomic mass is 16.2. The van der Waals surface area contributed by atoms with Gasteiger partial charge in [-0.1, -0.05) is 19.8 Å². The fraction of sp³-hybridized carbons (Fsp3) is 0.923. The minimum atomic E-state index is -0.0550. The second-order valence-corrected chi connectivity index (χ2v) is 6.02. The summed E-state index contributed by atoms with van der Waals surface area (Å²) in [5.74, 6) is 1.64. The van der Waals surface area contributed by atoms with Crippen LogP contribution in [0.25, 0.3) is 0 Å². The summed E-state index contributed by atoms with van der Waals surface area (Å²) in [6.07, 6.45) is 6.05. The van der Waals surface area contributed by atoms with Crippen molar-refractivity contribution in [2.75, 3.05) is 13.1 Å². The van der Waals surface area contributed by atoms with Crippen molar-refractivity contribution >= 4 is 5.91 Å². The topological polar surface area (TPSA) is 41.1 Å². The van der Waals surface area contributed by atoms with Crippen molar-refractivity contribution in [1.82, 2.24) is 10.6 Å². The van der Waals surface area contributed by atoms with E-state index in [0.29, 0.717) is 23.8 Å². The van der Waals surface area contributed by atoms with Crippen LogP contribution in [0.5, 0.6) is 0 Å². The van der Waals surface area contributed by atoms with Gasteiger partial charge in [-0.05, 0) is 37.6 Å². The molecule has 0 spiro atoms. The van der Waals surface area contributed by atoms with Gasteiger partial charge in [0, 0.05) is 12.6 Å². The molecule has 2 unspecified atom stereocenters. The van der Waals surface area contributed by atoms with Crippen molar-refractivity contribution in [2.24, 2.45) is 17.3 Å². The van der Waals surface area contributed by atoms with E-state index >= 15 is 0 Å². The normalized spacial score (nSPS) is 46.2. The van der Waals surface area contributed by atoms with Gasteiger partial charge in [0.2, 0.25) is 5.91 Å². The summed E-state index contributed by atoms with van der Waals surface area (Å²) in [4.78, 5) is 12.4. The summed E-state index contributed by atoms with van der Waals surface area (Å²) >= 11 is 0. The monoisotopic (exact) mass is 222 g/mol. The van der Waals surface area contributed by atoms with E-state index in [1.807, 2.05) is 0 Å². The lowest BCUT2D eigenvalue weighted by Gasteiger charge is -2.37. The van der Waals surface area contributed by atoms with Gasteiger partial charge in [0.15, 0.2) is 0 Å². The molecule has 4 atom stereocenters. The molecule has 3 fully saturated rings. The zero-order chi connectivity index (χ0) is 11.2. The lowest BCUT2D eigenvalue weighted by Crippen LogP contribution is -2.48. The van der Waals surface area contributed by atoms with Crippen LogP contribution < -0.4 is 10.6 Å². The first kappa shape index (κ1) is 10.6. The Labute approximate surface area is 97.4 Å². The summed E-state index contributed by atoms with van der Waals surface area (Å²) in [5, 5.41) is 6.69. The summed E-state index contributed by atoms with van der Waals surface area (Å²) in [6, 6.07) is 0.477. The van der Waals surface area contributed by atoms with Crippen LogP contribution in [0.15, 0.2) is 0 Å². The largest absolute Gasteiger partial charge is 0.353 e. The third kappa shape index (κ3) is 1.56. The second-order valence-electron chi connectivity index (χ2n) is 6.02. The molecule has 0 bridgehead atoms. The molecule has 2 saturated carbocycles. The fourth-order valence-corrected chi connectivity index (χ4v) is 3.53. The first-order chi connectivity index (χ1) is 7.72. The maximum Gasteiger partial charge on any atom is 0.228 e. The van der Waals surface area contributed by atoms with E-state index in [1.54, 1.807) is 0 Å². The molecule has 2 N–H and O–H groups in total. The molecule has 16 heavy (non-hydrogen) atoms. The van der Waals surface area contributed by atoms with Gasteiger partial charge in [0.25, 0.3) is 0 Å². The van der Waals surface area contributed by atoms with E-state index in [1.165, 1.54) is 25.7 Å². The van der Waals surface area contributed by atoms with Gasteiger partial charge >= 0.3 is 0 Å².